The zero-order chi connectivity index (χ0) is 12.7. The number of nitrogens with zero attached hydrogens (tertiary/aromatic N) is 3. The molecule has 1 aromatic carbocycles. The summed E-state index contributed by atoms with van der Waals surface area (Å²) in [4.78, 5) is 4.29. The van der Waals surface area contributed by atoms with Crippen molar-refractivity contribution in [2.75, 3.05) is 0 Å². The van der Waals surface area contributed by atoms with Gasteiger partial charge in [-0.1, -0.05) is 15.9 Å². The molecule has 0 saturated carbocycles. The molecule has 5 heteroatoms. The molecule has 0 unspecified atom stereocenters. The second-order valence-corrected chi connectivity index (χ2v) is 4.94. The number of rotatable bonds is 1. The van der Waals surface area contributed by atoms with Crippen LogP contribution in [0.25, 0.3) is 16.9 Å². The molecular weight excluding hydrogens is 297 g/mol. The number of benzene rings is 1. The van der Waals surface area contributed by atoms with Crippen LogP contribution in [0.4, 0.5) is 4.39 Å². The van der Waals surface area contributed by atoms with E-state index >= 15 is 0 Å². The van der Waals surface area contributed by atoms with E-state index in [1.807, 2.05) is 19.2 Å². The molecule has 0 atom stereocenters. The van der Waals surface area contributed by atoms with Gasteiger partial charge in [-0.3, -0.25) is 0 Å². The molecule has 3 rings (SSSR count). The number of aryl methyl sites for hydroxylation is 1. The zero-order valence-corrected chi connectivity index (χ0v) is 11.1. The summed E-state index contributed by atoms with van der Waals surface area (Å²) in [5.74, 6) is -0.290. The average molecular weight is 306 g/mol. The van der Waals surface area contributed by atoms with Crippen LogP contribution in [0.3, 0.4) is 0 Å². The lowest BCUT2D eigenvalue weighted by molar-refractivity contribution is 0.630. The summed E-state index contributed by atoms with van der Waals surface area (Å²) in [5, 5.41) is 4.36. The maximum absolute atomic E-state index is 13.8. The highest BCUT2D eigenvalue weighted by Crippen LogP contribution is 2.24. The van der Waals surface area contributed by atoms with Crippen LogP contribution in [-0.4, -0.2) is 14.6 Å². The second-order valence-electron chi connectivity index (χ2n) is 4.03. The Kier molecular flexibility index (Phi) is 2.63. The van der Waals surface area contributed by atoms with Crippen molar-refractivity contribution in [3.8, 4) is 11.3 Å². The molecule has 3 aromatic rings. The average Bonchev–Trinajstić information content (AvgIpc) is 2.71. The third-order valence-electron chi connectivity index (χ3n) is 2.64. The fraction of sp³-hybridized carbons (Fsp3) is 0.0769. The van der Waals surface area contributed by atoms with Gasteiger partial charge in [0.1, 0.15) is 5.82 Å². The Hall–Kier alpha value is -1.75. The highest BCUT2D eigenvalue weighted by molar-refractivity contribution is 9.10. The first-order chi connectivity index (χ1) is 8.63. The number of hydrogen-bond donors (Lipinski definition) is 0. The van der Waals surface area contributed by atoms with Crippen LogP contribution >= 0.6 is 15.9 Å². The van der Waals surface area contributed by atoms with E-state index < -0.39 is 0 Å². The van der Waals surface area contributed by atoms with Crippen molar-refractivity contribution in [3.63, 3.8) is 0 Å². The SMILES string of the molecule is Cc1cn2nc(-c3cc(Br)ccc3F)ccc2n1. The van der Waals surface area contributed by atoms with Gasteiger partial charge in [-0.05, 0) is 37.3 Å². The Balaban J connectivity index is 2.21. The van der Waals surface area contributed by atoms with Gasteiger partial charge in [0, 0.05) is 10.0 Å². The van der Waals surface area contributed by atoms with Gasteiger partial charge < -0.3 is 0 Å². The molecule has 0 radical (unpaired) electrons. The molecule has 0 aliphatic rings. The van der Waals surface area contributed by atoms with Crippen molar-refractivity contribution in [1.82, 2.24) is 14.6 Å². The van der Waals surface area contributed by atoms with E-state index in [2.05, 4.69) is 26.0 Å². The predicted molar refractivity (Wildman–Crippen MR) is 70.8 cm³/mol. The Morgan fingerprint density at radius 1 is 1.22 bits per heavy atom. The minimum atomic E-state index is -0.290. The largest absolute Gasteiger partial charge is 0.232 e. The number of hydrogen-bond acceptors (Lipinski definition) is 2. The molecule has 90 valence electrons. The summed E-state index contributed by atoms with van der Waals surface area (Å²) in [5.41, 5.74) is 2.69. The third kappa shape index (κ3) is 1.90. The van der Waals surface area contributed by atoms with Gasteiger partial charge in [-0.25, -0.2) is 13.9 Å². The highest BCUT2D eigenvalue weighted by Gasteiger charge is 2.08. The molecular formula is C13H9BrFN3. The summed E-state index contributed by atoms with van der Waals surface area (Å²) in [6, 6.07) is 8.40. The van der Waals surface area contributed by atoms with Gasteiger partial charge in [0.25, 0.3) is 0 Å². The van der Waals surface area contributed by atoms with Crippen molar-refractivity contribution in [2.24, 2.45) is 0 Å². The van der Waals surface area contributed by atoms with Gasteiger partial charge in [-0.2, -0.15) is 5.10 Å². The molecule has 3 nitrogen and oxygen atoms in total. The van der Waals surface area contributed by atoms with Crippen molar-refractivity contribution < 1.29 is 4.39 Å². The zero-order valence-electron chi connectivity index (χ0n) is 9.56. The van der Waals surface area contributed by atoms with Crippen molar-refractivity contribution in [3.05, 3.63) is 52.5 Å². The standard InChI is InChI=1S/C13H9BrFN3/c1-8-7-18-13(16-8)5-4-12(17-18)10-6-9(14)2-3-11(10)15/h2-7H,1H3. The van der Waals surface area contributed by atoms with Gasteiger partial charge in [-0.15, -0.1) is 0 Å². The number of halogens is 2. The summed E-state index contributed by atoms with van der Waals surface area (Å²) >= 11 is 3.33. The van der Waals surface area contributed by atoms with Crippen LogP contribution < -0.4 is 0 Å². The first-order valence-corrected chi connectivity index (χ1v) is 6.21. The second kappa shape index (κ2) is 4.17. The quantitative estimate of drug-likeness (QED) is 0.687. The van der Waals surface area contributed by atoms with E-state index in [4.69, 9.17) is 0 Å². The van der Waals surface area contributed by atoms with Gasteiger partial charge in [0.15, 0.2) is 5.65 Å². The Morgan fingerprint density at radius 3 is 2.89 bits per heavy atom. The van der Waals surface area contributed by atoms with E-state index in [0.29, 0.717) is 11.3 Å². The van der Waals surface area contributed by atoms with Gasteiger partial charge in [0.05, 0.1) is 17.6 Å². The summed E-state index contributed by atoms with van der Waals surface area (Å²) < 4.78 is 16.3. The maximum Gasteiger partial charge on any atom is 0.153 e. The lowest BCUT2D eigenvalue weighted by Gasteiger charge is -2.03. The number of fused-ring (bicyclic) bond motifs is 1. The topological polar surface area (TPSA) is 30.2 Å². The van der Waals surface area contributed by atoms with Gasteiger partial charge in [0.2, 0.25) is 0 Å². The Bertz CT molecular complexity index is 736. The van der Waals surface area contributed by atoms with Crippen molar-refractivity contribution in [1.29, 1.82) is 0 Å². The van der Waals surface area contributed by atoms with Crippen LogP contribution in [0, 0.1) is 12.7 Å². The van der Waals surface area contributed by atoms with E-state index in [9.17, 15) is 4.39 Å². The Labute approximate surface area is 111 Å². The lowest BCUT2D eigenvalue weighted by Crippen LogP contribution is -1.95. The molecule has 0 fully saturated rings. The molecule has 2 aromatic heterocycles. The third-order valence-corrected chi connectivity index (χ3v) is 3.14. The van der Waals surface area contributed by atoms with E-state index in [1.54, 1.807) is 22.7 Å². The molecule has 0 saturated heterocycles. The number of aromatic nitrogens is 3. The molecule has 0 aliphatic carbocycles. The van der Waals surface area contributed by atoms with Crippen LogP contribution in [-0.2, 0) is 0 Å². The minimum absolute atomic E-state index is 0.290. The first-order valence-electron chi connectivity index (χ1n) is 5.42. The summed E-state index contributed by atoms with van der Waals surface area (Å²) in [6.07, 6.45) is 1.81. The molecule has 0 N–H and O–H groups in total. The molecule has 2 heterocycles. The molecule has 0 spiro atoms. The fourth-order valence-corrected chi connectivity index (χ4v) is 2.20. The molecule has 0 aliphatic heterocycles. The van der Waals surface area contributed by atoms with Crippen LogP contribution in [0.15, 0.2) is 41.0 Å². The fourth-order valence-electron chi connectivity index (χ4n) is 1.84. The molecule has 18 heavy (non-hydrogen) atoms. The van der Waals surface area contributed by atoms with Crippen LogP contribution in [0.5, 0.6) is 0 Å². The van der Waals surface area contributed by atoms with Crippen LogP contribution in [0.1, 0.15) is 5.69 Å². The summed E-state index contributed by atoms with van der Waals surface area (Å²) in [7, 11) is 0. The normalized spacial score (nSPS) is 11.1. The highest BCUT2D eigenvalue weighted by atomic mass is 79.9. The first kappa shape index (κ1) is 11.3. The van der Waals surface area contributed by atoms with Crippen LogP contribution in [0.2, 0.25) is 0 Å². The van der Waals surface area contributed by atoms with E-state index in [0.717, 1.165) is 15.8 Å². The van der Waals surface area contributed by atoms with E-state index in [1.165, 1.54) is 6.07 Å². The predicted octanol–water partition coefficient (Wildman–Crippen LogP) is 3.61. The van der Waals surface area contributed by atoms with E-state index in [-0.39, 0.29) is 5.82 Å². The Morgan fingerprint density at radius 2 is 2.06 bits per heavy atom. The van der Waals surface area contributed by atoms with Crippen molar-refractivity contribution in [2.45, 2.75) is 6.92 Å². The van der Waals surface area contributed by atoms with Gasteiger partial charge >= 0.3 is 0 Å². The smallest absolute Gasteiger partial charge is 0.153 e. The summed E-state index contributed by atoms with van der Waals surface area (Å²) in [6.45, 7) is 1.90. The minimum Gasteiger partial charge on any atom is -0.232 e. The molecule has 0 bridgehead atoms. The maximum atomic E-state index is 13.8. The monoisotopic (exact) mass is 305 g/mol. The molecule has 0 amide bonds. The lowest BCUT2D eigenvalue weighted by atomic mass is 10.1. The number of imidazole rings is 1. The van der Waals surface area contributed by atoms with Crippen molar-refractivity contribution >= 4 is 21.6 Å².